The van der Waals surface area contributed by atoms with Gasteiger partial charge in [-0.25, -0.2) is 0 Å². The number of anilines is 1. The van der Waals surface area contributed by atoms with E-state index in [1.165, 1.54) is 28.9 Å². The van der Waals surface area contributed by atoms with Crippen molar-refractivity contribution in [3.8, 4) is 5.75 Å². The molecule has 4 rings (SSSR count). The number of amides is 2. The topological polar surface area (TPSA) is 96.2 Å². The molecular weight excluding hydrogens is 448 g/mol. The van der Waals surface area contributed by atoms with E-state index in [0.717, 1.165) is 25.9 Å². The van der Waals surface area contributed by atoms with Crippen molar-refractivity contribution < 1.29 is 19.2 Å². The Labute approximate surface area is 205 Å². The molecule has 2 fully saturated rings. The average molecular weight is 481 g/mol. The molecule has 1 unspecified atom stereocenters. The number of para-hydroxylation sites is 2. The first-order valence-electron chi connectivity index (χ1n) is 12.1. The van der Waals surface area contributed by atoms with Gasteiger partial charge in [-0.05, 0) is 49.9 Å². The molecule has 1 atom stereocenters. The Hall–Kier alpha value is -3.62. The summed E-state index contributed by atoms with van der Waals surface area (Å²) in [6, 6.07) is 12.4. The van der Waals surface area contributed by atoms with Gasteiger partial charge in [-0.1, -0.05) is 24.3 Å². The van der Waals surface area contributed by atoms with Crippen LogP contribution in [0, 0.1) is 29.9 Å². The highest BCUT2D eigenvalue weighted by atomic mass is 16.6. The van der Waals surface area contributed by atoms with Crippen LogP contribution in [0.4, 0.5) is 11.4 Å². The molecule has 186 valence electrons. The molecule has 2 aliphatic rings. The quantitative estimate of drug-likeness (QED) is 0.465. The number of aryl methyl sites for hydroxylation is 2. The van der Waals surface area contributed by atoms with Crippen molar-refractivity contribution in [2.24, 2.45) is 5.92 Å². The van der Waals surface area contributed by atoms with E-state index in [-0.39, 0.29) is 35.8 Å². The number of nitrogens with zero attached hydrogens (tertiary/aromatic N) is 4. The van der Waals surface area contributed by atoms with E-state index in [4.69, 9.17) is 4.74 Å². The van der Waals surface area contributed by atoms with Gasteiger partial charge in [-0.3, -0.25) is 19.7 Å². The van der Waals surface area contributed by atoms with Gasteiger partial charge in [0.15, 0.2) is 12.4 Å². The summed E-state index contributed by atoms with van der Waals surface area (Å²) in [5, 5.41) is 11.2. The number of nitro benzene ring substituents is 1. The monoisotopic (exact) mass is 480 g/mol. The number of piperidine rings is 1. The summed E-state index contributed by atoms with van der Waals surface area (Å²) in [6.07, 6.45) is 1.50. The van der Waals surface area contributed by atoms with Crippen LogP contribution in [0.3, 0.4) is 0 Å². The molecule has 2 aliphatic heterocycles. The Morgan fingerprint density at radius 2 is 1.77 bits per heavy atom. The van der Waals surface area contributed by atoms with Crippen LogP contribution in [-0.2, 0) is 9.59 Å². The highest BCUT2D eigenvalue weighted by molar-refractivity contribution is 5.82. The van der Waals surface area contributed by atoms with Gasteiger partial charge >= 0.3 is 5.69 Å². The Morgan fingerprint density at radius 1 is 1.03 bits per heavy atom. The second-order valence-electron chi connectivity index (χ2n) is 9.29. The number of hydrogen-bond donors (Lipinski definition) is 0. The van der Waals surface area contributed by atoms with Crippen molar-refractivity contribution in [1.29, 1.82) is 0 Å². The SMILES string of the molecule is Cc1ccc(C)c(N2CCN(C(=O)C3CCCN(C(=O)COc4ccccc4[N+](=O)[O-])C3)CC2)c1. The third-order valence-corrected chi connectivity index (χ3v) is 6.83. The highest BCUT2D eigenvalue weighted by Crippen LogP contribution is 2.27. The molecule has 0 saturated carbocycles. The van der Waals surface area contributed by atoms with Gasteiger partial charge in [0, 0.05) is 51.0 Å². The smallest absolute Gasteiger partial charge is 0.310 e. The molecule has 0 radical (unpaired) electrons. The Kier molecular flexibility index (Phi) is 7.53. The number of carbonyl (C=O) groups excluding carboxylic acids is 2. The van der Waals surface area contributed by atoms with E-state index in [1.807, 2.05) is 4.90 Å². The molecule has 0 spiro atoms. The summed E-state index contributed by atoms with van der Waals surface area (Å²) in [7, 11) is 0. The minimum atomic E-state index is -0.532. The van der Waals surface area contributed by atoms with Crippen molar-refractivity contribution in [3.63, 3.8) is 0 Å². The van der Waals surface area contributed by atoms with Gasteiger partial charge in [-0.2, -0.15) is 0 Å². The number of nitro groups is 1. The second-order valence-corrected chi connectivity index (χ2v) is 9.29. The predicted octanol–water partition coefficient (Wildman–Crippen LogP) is 3.18. The maximum atomic E-state index is 13.2. The lowest BCUT2D eigenvalue weighted by atomic mass is 9.96. The molecule has 0 aromatic heterocycles. The Balaban J connectivity index is 1.30. The minimum absolute atomic E-state index is 0.0669. The van der Waals surface area contributed by atoms with Crippen molar-refractivity contribution in [1.82, 2.24) is 9.80 Å². The van der Waals surface area contributed by atoms with Gasteiger partial charge in [0.1, 0.15) is 0 Å². The first kappa shape index (κ1) is 24.5. The summed E-state index contributed by atoms with van der Waals surface area (Å²) >= 11 is 0. The van der Waals surface area contributed by atoms with E-state index >= 15 is 0 Å². The second kappa shape index (κ2) is 10.8. The molecule has 0 N–H and O–H groups in total. The zero-order valence-electron chi connectivity index (χ0n) is 20.3. The largest absolute Gasteiger partial charge is 0.477 e. The van der Waals surface area contributed by atoms with Crippen molar-refractivity contribution in [2.45, 2.75) is 26.7 Å². The first-order valence-corrected chi connectivity index (χ1v) is 12.1. The number of hydrogen-bond acceptors (Lipinski definition) is 6. The fourth-order valence-electron chi connectivity index (χ4n) is 4.85. The van der Waals surface area contributed by atoms with Gasteiger partial charge in [0.2, 0.25) is 5.91 Å². The number of ether oxygens (including phenoxy) is 1. The molecule has 9 nitrogen and oxygen atoms in total. The molecule has 0 aliphatic carbocycles. The van der Waals surface area contributed by atoms with E-state index in [0.29, 0.717) is 26.2 Å². The van der Waals surface area contributed by atoms with Crippen LogP contribution in [-0.4, -0.2) is 72.4 Å². The molecule has 9 heteroatoms. The molecule has 2 saturated heterocycles. The zero-order valence-corrected chi connectivity index (χ0v) is 20.3. The lowest BCUT2D eigenvalue weighted by Gasteiger charge is -2.40. The van der Waals surface area contributed by atoms with E-state index in [9.17, 15) is 19.7 Å². The molecule has 2 aromatic rings. The molecule has 2 amide bonds. The number of likely N-dealkylation sites (tertiary alicyclic amines) is 1. The minimum Gasteiger partial charge on any atom is -0.477 e. The summed E-state index contributed by atoms with van der Waals surface area (Å²) in [5.74, 6) is -0.327. The third kappa shape index (κ3) is 5.72. The van der Waals surface area contributed by atoms with Crippen LogP contribution in [0.15, 0.2) is 42.5 Å². The van der Waals surface area contributed by atoms with Crippen LogP contribution in [0.1, 0.15) is 24.0 Å². The number of carbonyl (C=O) groups is 2. The van der Waals surface area contributed by atoms with Crippen LogP contribution in [0.25, 0.3) is 0 Å². The maximum absolute atomic E-state index is 13.2. The number of benzene rings is 2. The summed E-state index contributed by atoms with van der Waals surface area (Å²) in [4.78, 5) is 42.5. The van der Waals surface area contributed by atoms with Crippen LogP contribution in [0.5, 0.6) is 5.75 Å². The number of rotatable bonds is 6. The zero-order chi connectivity index (χ0) is 24.9. The maximum Gasteiger partial charge on any atom is 0.310 e. The number of piperazine rings is 1. The Bertz CT molecular complexity index is 1100. The summed E-state index contributed by atoms with van der Waals surface area (Å²) in [5.41, 5.74) is 3.51. The van der Waals surface area contributed by atoms with Gasteiger partial charge in [0.25, 0.3) is 5.91 Å². The third-order valence-electron chi connectivity index (χ3n) is 6.83. The van der Waals surface area contributed by atoms with Crippen LogP contribution < -0.4 is 9.64 Å². The van der Waals surface area contributed by atoms with E-state index < -0.39 is 4.92 Å². The van der Waals surface area contributed by atoms with E-state index in [2.05, 4.69) is 36.9 Å². The summed E-state index contributed by atoms with van der Waals surface area (Å²) < 4.78 is 5.46. The highest BCUT2D eigenvalue weighted by Gasteiger charge is 2.33. The fourth-order valence-corrected chi connectivity index (χ4v) is 4.85. The molecule has 35 heavy (non-hydrogen) atoms. The van der Waals surface area contributed by atoms with Crippen molar-refractivity contribution in [3.05, 3.63) is 63.7 Å². The summed E-state index contributed by atoms with van der Waals surface area (Å²) in [6.45, 7) is 7.72. The van der Waals surface area contributed by atoms with Gasteiger partial charge < -0.3 is 19.4 Å². The molecular formula is C26H32N4O5. The molecule has 2 heterocycles. The van der Waals surface area contributed by atoms with Crippen LogP contribution >= 0.6 is 0 Å². The molecule has 0 bridgehead atoms. The average Bonchev–Trinajstić information content (AvgIpc) is 2.88. The lowest BCUT2D eigenvalue weighted by Crippen LogP contribution is -2.53. The predicted molar refractivity (Wildman–Crippen MR) is 133 cm³/mol. The first-order chi connectivity index (χ1) is 16.8. The lowest BCUT2D eigenvalue weighted by molar-refractivity contribution is -0.385. The standard InChI is InChI=1S/C26H32N4O5/c1-19-9-10-20(2)23(16-19)27-12-14-28(15-13-27)26(32)21-6-5-11-29(17-21)25(31)18-35-24-8-4-3-7-22(24)30(33)34/h3-4,7-10,16,21H,5-6,11-15,17-18H2,1-2H3. The fraction of sp³-hybridized carbons (Fsp3) is 0.462. The van der Waals surface area contributed by atoms with Gasteiger partial charge in [-0.15, -0.1) is 0 Å². The Morgan fingerprint density at radius 3 is 2.51 bits per heavy atom. The van der Waals surface area contributed by atoms with E-state index in [1.54, 1.807) is 17.0 Å². The van der Waals surface area contributed by atoms with Crippen molar-refractivity contribution >= 4 is 23.2 Å². The normalized spacial score (nSPS) is 18.3. The van der Waals surface area contributed by atoms with Gasteiger partial charge in [0.05, 0.1) is 10.8 Å². The van der Waals surface area contributed by atoms with Crippen molar-refractivity contribution in [2.75, 3.05) is 50.8 Å². The molecule has 2 aromatic carbocycles. The van der Waals surface area contributed by atoms with Crippen LogP contribution in [0.2, 0.25) is 0 Å².